The zero-order chi connectivity index (χ0) is 23.0. The molecule has 1 aromatic rings. The molecule has 1 amide bonds. The molecule has 2 heterocycles. The Bertz CT molecular complexity index is 797. The van der Waals surface area contributed by atoms with Crippen molar-refractivity contribution < 1.29 is 23.8 Å². The van der Waals surface area contributed by atoms with E-state index in [2.05, 4.69) is 4.90 Å². The first-order valence-electron chi connectivity index (χ1n) is 11.2. The molecular weight excluding hydrogens is 399 g/mol. The average molecular weight is 435 g/mol. The van der Waals surface area contributed by atoms with Crippen LogP contribution in [0.25, 0.3) is 0 Å². The van der Waals surface area contributed by atoms with Crippen LogP contribution >= 0.6 is 0 Å². The first kappa shape index (κ1) is 23.5. The molecule has 2 atom stereocenters. The minimum absolute atomic E-state index is 0.0276. The predicted octanol–water partition coefficient (Wildman–Crippen LogP) is 4.49. The second-order valence-corrected chi connectivity index (χ2v) is 10.2. The largest absolute Gasteiger partial charge is 0.479 e. The summed E-state index contributed by atoms with van der Waals surface area (Å²) in [6.45, 7) is 11.1. The quantitative estimate of drug-likeness (QED) is 0.756. The number of ether oxygens (including phenoxy) is 1. The normalized spacial score (nSPS) is 25.8. The van der Waals surface area contributed by atoms with Gasteiger partial charge in [0.15, 0.2) is 0 Å². The SMILES string of the molecule is CC(C)C1(C(=O)O)CC(N2CCC(c3ccc(F)cc3)CC2)CN1C(=O)OC(C)(C)C. The van der Waals surface area contributed by atoms with Gasteiger partial charge in [0, 0.05) is 12.6 Å². The number of aliphatic carboxylic acids is 1. The fourth-order valence-electron chi connectivity index (χ4n) is 5.04. The maximum absolute atomic E-state index is 13.2. The van der Waals surface area contributed by atoms with Crippen LogP contribution in [0.2, 0.25) is 0 Å². The molecule has 0 bridgehead atoms. The third-order valence-electron chi connectivity index (χ3n) is 6.75. The molecule has 7 heteroatoms. The summed E-state index contributed by atoms with van der Waals surface area (Å²) in [6.07, 6.45) is 1.68. The third-order valence-corrected chi connectivity index (χ3v) is 6.75. The molecule has 3 rings (SSSR count). The average Bonchev–Trinajstić information content (AvgIpc) is 3.10. The van der Waals surface area contributed by atoms with Crippen LogP contribution in [0.4, 0.5) is 9.18 Å². The topological polar surface area (TPSA) is 70.1 Å². The molecular formula is C24H35FN2O4. The van der Waals surface area contributed by atoms with Gasteiger partial charge in [0.25, 0.3) is 0 Å². The van der Waals surface area contributed by atoms with E-state index in [0.29, 0.717) is 18.9 Å². The van der Waals surface area contributed by atoms with Crippen LogP contribution in [0.5, 0.6) is 0 Å². The molecule has 0 spiro atoms. The minimum atomic E-state index is -1.28. The Kier molecular flexibility index (Phi) is 6.65. The number of likely N-dealkylation sites (tertiary alicyclic amines) is 2. The van der Waals surface area contributed by atoms with Gasteiger partial charge in [0.05, 0.1) is 0 Å². The van der Waals surface area contributed by atoms with E-state index in [4.69, 9.17) is 4.74 Å². The number of carboxylic acids is 1. The number of carbonyl (C=O) groups is 2. The maximum Gasteiger partial charge on any atom is 0.411 e. The van der Waals surface area contributed by atoms with Crippen LogP contribution in [0.1, 0.15) is 65.4 Å². The van der Waals surface area contributed by atoms with Crippen molar-refractivity contribution in [3.05, 3.63) is 35.6 Å². The van der Waals surface area contributed by atoms with Gasteiger partial charge in [-0.2, -0.15) is 0 Å². The summed E-state index contributed by atoms with van der Waals surface area (Å²) >= 11 is 0. The standard InChI is InChI=1S/C24H35FN2O4/c1-16(2)24(21(28)29)14-20(15-27(24)22(30)31-23(3,4)5)26-12-10-18(11-13-26)17-6-8-19(25)9-7-17/h6-9,16,18,20H,10-15H2,1-5H3,(H,28,29). The van der Waals surface area contributed by atoms with Crippen LogP contribution in [0.15, 0.2) is 24.3 Å². The Labute approximate surface area is 184 Å². The van der Waals surface area contributed by atoms with E-state index in [9.17, 15) is 19.1 Å². The van der Waals surface area contributed by atoms with Crippen LogP contribution in [-0.2, 0) is 9.53 Å². The Morgan fingerprint density at radius 3 is 2.23 bits per heavy atom. The van der Waals surface area contributed by atoms with Gasteiger partial charge in [-0.3, -0.25) is 9.80 Å². The lowest BCUT2D eigenvalue weighted by Crippen LogP contribution is -2.57. The first-order chi connectivity index (χ1) is 14.4. The van der Waals surface area contributed by atoms with Crippen LogP contribution in [0.3, 0.4) is 0 Å². The van der Waals surface area contributed by atoms with E-state index in [0.717, 1.165) is 31.5 Å². The Morgan fingerprint density at radius 2 is 1.74 bits per heavy atom. The number of carboxylic acid groups (broad SMARTS) is 1. The molecule has 1 N–H and O–H groups in total. The fraction of sp³-hybridized carbons (Fsp3) is 0.667. The molecule has 2 saturated heterocycles. The highest BCUT2D eigenvalue weighted by atomic mass is 19.1. The number of rotatable bonds is 4. The highest BCUT2D eigenvalue weighted by Gasteiger charge is 2.57. The number of hydrogen-bond donors (Lipinski definition) is 1. The summed E-state index contributed by atoms with van der Waals surface area (Å²) < 4.78 is 18.8. The zero-order valence-corrected chi connectivity index (χ0v) is 19.2. The lowest BCUT2D eigenvalue weighted by atomic mass is 9.82. The number of amides is 1. The molecule has 0 aliphatic carbocycles. The van der Waals surface area contributed by atoms with E-state index in [1.54, 1.807) is 20.8 Å². The molecule has 0 radical (unpaired) electrons. The van der Waals surface area contributed by atoms with Gasteiger partial charge in [-0.05, 0) is 82.7 Å². The molecule has 31 heavy (non-hydrogen) atoms. The van der Waals surface area contributed by atoms with E-state index in [1.165, 1.54) is 17.0 Å². The van der Waals surface area contributed by atoms with Crippen molar-refractivity contribution in [2.75, 3.05) is 19.6 Å². The highest BCUT2D eigenvalue weighted by molar-refractivity contribution is 5.86. The molecule has 1 aromatic carbocycles. The summed E-state index contributed by atoms with van der Waals surface area (Å²) in [4.78, 5) is 29.2. The summed E-state index contributed by atoms with van der Waals surface area (Å²) in [5.41, 5.74) is -0.824. The van der Waals surface area contributed by atoms with Gasteiger partial charge >= 0.3 is 12.1 Å². The Hall–Kier alpha value is -2.15. The van der Waals surface area contributed by atoms with Crippen molar-refractivity contribution in [2.24, 2.45) is 5.92 Å². The molecule has 2 fully saturated rings. The van der Waals surface area contributed by atoms with Crippen molar-refractivity contribution in [3.8, 4) is 0 Å². The molecule has 6 nitrogen and oxygen atoms in total. The Morgan fingerprint density at radius 1 is 1.16 bits per heavy atom. The number of benzene rings is 1. The minimum Gasteiger partial charge on any atom is -0.479 e. The van der Waals surface area contributed by atoms with E-state index in [1.807, 2.05) is 26.0 Å². The predicted molar refractivity (Wildman–Crippen MR) is 116 cm³/mol. The van der Waals surface area contributed by atoms with Crippen molar-refractivity contribution in [2.45, 2.75) is 77.0 Å². The van der Waals surface area contributed by atoms with E-state index < -0.39 is 23.2 Å². The van der Waals surface area contributed by atoms with Crippen LogP contribution in [0, 0.1) is 11.7 Å². The lowest BCUT2D eigenvalue weighted by molar-refractivity contribution is -0.152. The van der Waals surface area contributed by atoms with E-state index in [-0.39, 0.29) is 17.8 Å². The first-order valence-corrected chi connectivity index (χ1v) is 11.2. The third kappa shape index (κ3) is 4.86. The number of piperidine rings is 1. The molecule has 0 saturated carbocycles. The van der Waals surface area contributed by atoms with Crippen LogP contribution < -0.4 is 0 Å². The van der Waals surface area contributed by atoms with Crippen molar-refractivity contribution >= 4 is 12.1 Å². The maximum atomic E-state index is 13.2. The molecule has 2 unspecified atom stereocenters. The molecule has 2 aliphatic heterocycles. The Balaban J connectivity index is 1.74. The van der Waals surface area contributed by atoms with Gasteiger partial charge in [-0.25, -0.2) is 14.0 Å². The van der Waals surface area contributed by atoms with Gasteiger partial charge in [-0.1, -0.05) is 26.0 Å². The van der Waals surface area contributed by atoms with Gasteiger partial charge < -0.3 is 9.84 Å². The smallest absolute Gasteiger partial charge is 0.411 e. The van der Waals surface area contributed by atoms with Gasteiger partial charge in [0.1, 0.15) is 17.0 Å². The van der Waals surface area contributed by atoms with E-state index >= 15 is 0 Å². The van der Waals surface area contributed by atoms with Crippen molar-refractivity contribution in [3.63, 3.8) is 0 Å². The summed E-state index contributed by atoms with van der Waals surface area (Å²) in [5.74, 6) is -1.08. The second kappa shape index (κ2) is 8.77. The van der Waals surface area contributed by atoms with Crippen molar-refractivity contribution in [1.29, 1.82) is 0 Å². The van der Waals surface area contributed by atoms with Gasteiger partial charge in [-0.15, -0.1) is 0 Å². The number of nitrogens with zero attached hydrogens (tertiary/aromatic N) is 2. The molecule has 172 valence electrons. The number of carbonyl (C=O) groups excluding carboxylic acids is 1. The molecule has 0 aromatic heterocycles. The number of hydrogen-bond acceptors (Lipinski definition) is 4. The second-order valence-electron chi connectivity index (χ2n) is 10.2. The summed E-state index contributed by atoms with van der Waals surface area (Å²) in [6, 6.07) is 6.68. The number of halogens is 1. The lowest BCUT2D eigenvalue weighted by Gasteiger charge is -2.38. The van der Waals surface area contributed by atoms with Gasteiger partial charge in [0.2, 0.25) is 0 Å². The molecule has 2 aliphatic rings. The highest BCUT2D eigenvalue weighted by Crippen LogP contribution is 2.41. The van der Waals surface area contributed by atoms with Crippen LogP contribution in [-0.4, -0.2) is 63.8 Å². The zero-order valence-electron chi connectivity index (χ0n) is 19.2. The summed E-state index contributed by atoms with van der Waals surface area (Å²) in [7, 11) is 0. The fourth-order valence-corrected chi connectivity index (χ4v) is 5.04. The monoisotopic (exact) mass is 434 g/mol. The van der Waals surface area contributed by atoms with Crippen molar-refractivity contribution in [1.82, 2.24) is 9.80 Å². The summed E-state index contributed by atoms with van der Waals surface area (Å²) in [5, 5.41) is 10.2.